The van der Waals surface area contributed by atoms with Gasteiger partial charge >= 0.3 is 0 Å². The fourth-order valence-electron chi connectivity index (χ4n) is 3.25. The van der Waals surface area contributed by atoms with Crippen molar-refractivity contribution in [3.05, 3.63) is 34.5 Å². The van der Waals surface area contributed by atoms with E-state index in [1.807, 2.05) is 0 Å². The van der Waals surface area contributed by atoms with Gasteiger partial charge in [0, 0.05) is 29.1 Å². The van der Waals surface area contributed by atoms with Gasteiger partial charge in [-0.05, 0) is 50.3 Å². The van der Waals surface area contributed by atoms with E-state index in [2.05, 4.69) is 31.0 Å². The SMILES string of the molecule is Cc1cc(C)c2[nH]c3c(c2c1)CCCC3CN. The molecule has 3 N–H and O–H groups in total. The lowest BCUT2D eigenvalue weighted by molar-refractivity contribution is 0.553. The Kier molecular flexibility index (Phi) is 2.48. The molecule has 0 aliphatic heterocycles. The Labute approximate surface area is 102 Å². The van der Waals surface area contributed by atoms with Gasteiger partial charge in [0.15, 0.2) is 0 Å². The van der Waals surface area contributed by atoms with Gasteiger partial charge in [-0.15, -0.1) is 0 Å². The molecule has 1 atom stereocenters. The molecule has 1 aliphatic rings. The van der Waals surface area contributed by atoms with Crippen LogP contribution in [0.15, 0.2) is 12.1 Å². The van der Waals surface area contributed by atoms with Gasteiger partial charge in [0.05, 0.1) is 0 Å². The molecule has 0 spiro atoms. The van der Waals surface area contributed by atoms with E-state index in [-0.39, 0.29) is 0 Å². The van der Waals surface area contributed by atoms with Crippen molar-refractivity contribution in [3.63, 3.8) is 0 Å². The number of aromatic nitrogens is 1. The van der Waals surface area contributed by atoms with Crippen LogP contribution in [0.2, 0.25) is 0 Å². The normalized spacial score (nSPS) is 19.6. The quantitative estimate of drug-likeness (QED) is 0.773. The molecule has 0 saturated carbocycles. The molecule has 0 fully saturated rings. The predicted octanol–water partition coefficient (Wildman–Crippen LogP) is 3.16. The van der Waals surface area contributed by atoms with Crippen molar-refractivity contribution in [1.82, 2.24) is 4.98 Å². The van der Waals surface area contributed by atoms with E-state index in [0.29, 0.717) is 5.92 Å². The molecule has 0 radical (unpaired) electrons. The van der Waals surface area contributed by atoms with E-state index >= 15 is 0 Å². The summed E-state index contributed by atoms with van der Waals surface area (Å²) < 4.78 is 0. The third kappa shape index (κ3) is 1.59. The molecule has 0 saturated heterocycles. The Morgan fingerprint density at radius 2 is 2.18 bits per heavy atom. The molecule has 2 nitrogen and oxygen atoms in total. The number of nitrogens with two attached hydrogens (primary N) is 1. The van der Waals surface area contributed by atoms with Crippen LogP contribution in [0.25, 0.3) is 10.9 Å². The minimum Gasteiger partial charge on any atom is -0.358 e. The molecule has 17 heavy (non-hydrogen) atoms. The summed E-state index contributed by atoms with van der Waals surface area (Å²) in [6.45, 7) is 5.13. The van der Waals surface area contributed by atoms with Crippen LogP contribution >= 0.6 is 0 Å². The highest BCUT2D eigenvalue weighted by Crippen LogP contribution is 2.36. The highest BCUT2D eigenvalue weighted by atomic mass is 14.8. The zero-order valence-corrected chi connectivity index (χ0v) is 10.6. The topological polar surface area (TPSA) is 41.8 Å². The Morgan fingerprint density at radius 3 is 2.94 bits per heavy atom. The molecule has 1 heterocycles. The van der Waals surface area contributed by atoms with Crippen molar-refractivity contribution in [2.75, 3.05) is 6.54 Å². The lowest BCUT2D eigenvalue weighted by Crippen LogP contribution is -2.17. The van der Waals surface area contributed by atoms with Crippen molar-refractivity contribution >= 4 is 10.9 Å². The Morgan fingerprint density at radius 1 is 1.35 bits per heavy atom. The van der Waals surface area contributed by atoms with E-state index in [0.717, 1.165) is 6.54 Å². The number of fused-ring (bicyclic) bond motifs is 3. The summed E-state index contributed by atoms with van der Waals surface area (Å²) in [5, 5.41) is 1.43. The van der Waals surface area contributed by atoms with Crippen LogP contribution in [0.3, 0.4) is 0 Å². The third-order valence-corrected chi connectivity index (χ3v) is 4.06. The molecule has 1 unspecified atom stereocenters. The second kappa shape index (κ2) is 3.88. The minimum atomic E-state index is 0.533. The number of H-pyrrole nitrogens is 1. The van der Waals surface area contributed by atoms with Gasteiger partial charge in [-0.2, -0.15) is 0 Å². The maximum Gasteiger partial charge on any atom is 0.0488 e. The van der Waals surface area contributed by atoms with Crippen molar-refractivity contribution < 1.29 is 0 Å². The standard InChI is InChI=1S/C15H20N2/c1-9-6-10(2)14-13(7-9)12-5-3-4-11(8-16)15(12)17-14/h6-7,11,17H,3-5,8,16H2,1-2H3. The first kappa shape index (κ1) is 10.8. The molecule has 1 aromatic carbocycles. The highest BCUT2D eigenvalue weighted by Gasteiger charge is 2.23. The number of benzene rings is 1. The largest absolute Gasteiger partial charge is 0.358 e. The van der Waals surface area contributed by atoms with Crippen LogP contribution in [-0.4, -0.2) is 11.5 Å². The molecule has 0 bridgehead atoms. The van der Waals surface area contributed by atoms with Gasteiger partial charge in [0.1, 0.15) is 0 Å². The second-order valence-corrected chi connectivity index (χ2v) is 5.35. The zero-order valence-electron chi connectivity index (χ0n) is 10.6. The van der Waals surface area contributed by atoms with E-state index in [4.69, 9.17) is 5.73 Å². The molecule has 3 rings (SSSR count). The monoisotopic (exact) mass is 228 g/mol. The lowest BCUT2D eigenvalue weighted by Gasteiger charge is -2.20. The first-order chi connectivity index (χ1) is 8.20. The summed E-state index contributed by atoms with van der Waals surface area (Å²) in [6.07, 6.45) is 3.71. The molecule has 1 aromatic heterocycles. The smallest absolute Gasteiger partial charge is 0.0488 e. The van der Waals surface area contributed by atoms with Gasteiger partial charge in [-0.1, -0.05) is 11.6 Å². The maximum absolute atomic E-state index is 5.89. The molecule has 0 amide bonds. The van der Waals surface area contributed by atoms with Crippen LogP contribution in [0, 0.1) is 13.8 Å². The van der Waals surface area contributed by atoms with Crippen LogP contribution < -0.4 is 5.73 Å². The van der Waals surface area contributed by atoms with Gasteiger partial charge in [-0.25, -0.2) is 0 Å². The van der Waals surface area contributed by atoms with Gasteiger partial charge in [-0.3, -0.25) is 0 Å². The second-order valence-electron chi connectivity index (χ2n) is 5.35. The molecule has 2 heteroatoms. The van der Waals surface area contributed by atoms with Crippen molar-refractivity contribution in [2.45, 2.75) is 39.0 Å². The average molecular weight is 228 g/mol. The Bertz CT molecular complexity index is 566. The van der Waals surface area contributed by atoms with Crippen molar-refractivity contribution in [1.29, 1.82) is 0 Å². The number of hydrogen-bond acceptors (Lipinski definition) is 1. The number of rotatable bonds is 1. The average Bonchev–Trinajstić information content (AvgIpc) is 2.68. The van der Waals surface area contributed by atoms with E-state index in [1.54, 1.807) is 0 Å². The summed E-state index contributed by atoms with van der Waals surface area (Å²) in [6, 6.07) is 4.57. The van der Waals surface area contributed by atoms with Crippen LogP contribution in [0.5, 0.6) is 0 Å². The Hall–Kier alpha value is -1.28. The van der Waals surface area contributed by atoms with Crippen LogP contribution in [0.1, 0.15) is 41.1 Å². The van der Waals surface area contributed by atoms with Gasteiger partial charge < -0.3 is 10.7 Å². The summed E-state index contributed by atoms with van der Waals surface area (Å²) in [5.41, 5.74) is 12.8. The van der Waals surface area contributed by atoms with E-state index in [1.165, 1.54) is 52.5 Å². The summed E-state index contributed by atoms with van der Waals surface area (Å²) >= 11 is 0. The van der Waals surface area contributed by atoms with Gasteiger partial charge in [0.2, 0.25) is 0 Å². The van der Waals surface area contributed by atoms with E-state index < -0.39 is 0 Å². The number of hydrogen-bond donors (Lipinski definition) is 2. The fraction of sp³-hybridized carbons (Fsp3) is 0.467. The highest BCUT2D eigenvalue weighted by molar-refractivity contribution is 5.88. The summed E-state index contributed by atoms with van der Waals surface area (Å²) in [7, 11) is 0. The molecular weight excluding hydrogens is 208 g/mol. The zero-order chi connectivity index (χ0) is 12.0. The number of aryl methyl sites for hydroxylation is 3. The van der Waals surface area contributed by atoms with Crippen LogP contribution in [0.4, 0.5) is 0 Å². The third-order valence-electron chi connectivity index (χ3n) is 4.06. The lowest BCUT2D eigenvalue weighted by atomic mass is 9.86. The minimum absolute atomic E-state index is 0.533. The number of nitrogens with one attached hydrogen (secondary N) is 1. The molecule has 90 valence electrons. The fourth-order valence-corrected chi connectivity index (χ4v) is 3.25. The number of aromatic amines is 1. The molecular formula is C15H20N2. The first-order valence-corrected chi connectivity index (χ1v) is 6.52. The Balaban J connectivity index is 2.30. The van der Waals surface area contributed by atoms with Crippen LogP contribution in [-0.2, 0) is 6.42 Å². The van der Waals surface area contributed by atoms with Crippen molar-refractivity contribution in [3.8, 4) is 0 Å². The van der Waals surface area contributed by atoms with Crippen molar-refractivity contribution in [2.24, 2.45) is 5.73 Å². The summed E-state index contributed by atoms with van der Waals surface area (Å²) in [4.78, 5) is 3.63. The molecule has 2 aromatic rings. The predicted molar refractivity (Wildman–Crippen MR) is 72.5 cm³/mol. The van der Waals surface area contributed by atoms with Gasteiger partial charge in [0.25, 0.3) is 0 Å². The molecule has 1 aliphatic carbocycles. The maximum atomic E-state index is 5.89. The first-order valence-electron chi connectivity index (χ1n) is 6.52. The van der Waals surface area contributed by atoms with E-state index in [9.17, 15) is 0 Å². The summed E-state index contributed by atoms with van der Waals surface area (Å²) in [5.74, 6) is 0.533.